The molecule has 2 heterocycles. The van der Waals surface area contributed by atoms with Crippen molar-refractivity contribution in [3.8, 4) is 0 Å². The lowest BCUT2D eigenvalue weighted by Gasteiger charge is -2.24. The van der Waals surface area contributed by atoms with Gasteiger partial charge in [-0.25, -0.2) is 13.4 Å². The maximum Gasteiger partial charge on any atom is 0.263 e. The van der Waals surface area contributed by atoms with Crippen LogP contribution in [0, 0.1) is 0 Å². The smallest absolute Gasteiger partial charge is 0.263 e. The molecular weight excluding hydrogens is 418 g/mol. The van der Waals surface area contributed by atoms with E-state index >= 15 is 0 Å². The van der Waals surface area contributed by atoms with Gasteiger partial charge in [-0.2, -0.15) is 5.10 Å². The molecule has 0 aliphatic heterocycles. The molecule has 7 nitrogen and oxygen atoms in total. The van der Waals surface area contributed by atoms with Gasteiger partial charge in [0.05, 0.1) is 11.1 Å². The Morgan fingerprint density at radius 3 is 2.53 bits per heavy atom. The summed E-state index contributed by atoms with van der Waals surface area (Å²) in [6.45, 7) is 0. The van der Waals surface area contributed by atoms with Gasteiger partial charge in [-0.3, -0.25) is 14.7 Å². The first-order valence-corrected chi connectivity index (χ1v) is 11.9. The lowest BCUT2D eigenvalue weighted by molar-refractivity contribution is 0.601. The zero-order chi connectivity index (χ0) is 20.6. The zero-order valence-electron chi connectivity index (χ0n) is 15.9. The summed E-state index contributed by atoms with van der Waals surface area (Å²) in [6.07, 6.45) is 5.71. The minimum atomic E-state index is -3.69. The van der Waals surface area contributed by atoms with E-state index in [2.05, 4.69) is 38.1 Å². The SMILES string of the molecule is O=S(=O)(Nc1nccs1)c1ccc(N(c2cccc(C3CC3)c2)c2ccn[nH]2)cc1. The molecule has 4 aromatic rings. The number of benzene rings is 2. The topological polar surface area (TPSA) is 91.0 Å². The maximum atomic E-state index is 12.6. The van der Waals surface area contributed by atoms with E-state index in [1.165, 1.54) is 29.7 Å². The first-order valence-electron chi connectivity index (χ1n) is 9.52. The van der Waals surface area contributed by atoms with Gasteiger partial charge in [0.1, 0.15) is 5.82 Å². The van der Waals surface area contributed by atoms with Crippen LogP contribution in [0.25, 0.3) is 0 Å². The summed E-state index contributed by atoms with van der Waals surface area (Å²) in [5, 5.41) is 9.16. The van der Waals surface area contributed by atoms with Gasteiger partial charge in [0.15, 0.2) is 5.13 Å². The van der Waals surface area contributed by atoms with Crippen LogP contribution in [-0.4, -0.2) is 23.6 Å². The molecule has 5 rings (SSSR count). The van der Waals surface area contributed by atoms with Gasteiger partial charge in [0, 0.05) is 29.0 Å². The third kappa shape index (κ3) is 3.81. The van der Waals surface area contributed by atoms with Gasteiger partial charge in [-0.1, -0.05) is 12.1 Å². The second-order valence-corrected chi connectivity index (χ2v) is 9.66. The van der Waals surface area contributed by atoms with Crippen LogP contribution < -0.4 is 9.62 Å². The second kappa shape index (κ2) is 7.58. The number of aromatic nitrogens is 3. The number of aromatic amines is 1. The van der Waals surface area contributed by atoms with Crippen LogP contribution in [0.5, 0.6) is 0 Å². The average molecular weight is 438 g/mol. The summed E-state index contributed by atoms with van der Waals surface area (Å²) < 4.78 is 27.8. The predicted octanol–water partition coefficient (Wildman–Crippen LogP) is 5.01. The van der Waals surface area contributed by atoms with Crippen molar-refractivity contribution in [1.82, 2.24) is 15.2 Å². The number of hydrogen-bond acceptors (Lipinski definition) is 6. The molecule has 0 spiro atoms. The molecule has 152 valence electrons. The summed E-state index contributed by atoms with van der Waals surface area (Å²) in [5.74, 6) is 1.44. The molecule has 1 fully saturated rings. The van der Waals surface area contributed by atoms with Gasteiger partial charge < -0.3 is 0 Å². The number of anilines is 4. The molecule has 30 heavy (non-hydrogen) atoms. The fourth-order valence-corrected chi connectivity index (χ4v) is 5.15. The third-order valence-electron chi connectivity index (χ3n) is 4.96. The Labute approximate surface area is 178 Å². The first kappa shape index (κ1) is 18.8. The fraction of sp³-hybridized carbons (Fsp3) is 0.143. The average Bonchev–Trinajstić information content (AvgIpc) is 3.23. The van der Waals surface area contributed by atoms with E-state index in [-0.39, 0.29) is 4.90 Å². The Balaban J connectivity index is 1.49. The fourth-order valence-electron chi connectivity index (χ4n) is 3.36. The Hall–Kier alpha value is -3.17. The van der Waals surface area contributed by atoms with Gasteiger partial charge >= 0.3 is 0 Å². The molecule has 0 unspecified atom stereocenters. The summed E-state index contributed by atoms with van der Waals surface area (Å²) in [7, 11) is -3.69. The molecule has 2 N–H and O–H groups in total. The van der Waals surface area contributed by atoms with E-state index in [9.17, 15) is 8.42 Å². The van der Waals surface area contributed by atoms with Gasteiger partial charge in [0.2, 0.25) is 0 Å². The van der Waals surface area contributed by atoms with Gasteiger partial charge in [-0.05, 0) is 60.7 Å². The largest absolute Gasteiger partial charge is 0.295 e. The monoisotopic (exact) mass is 437 g/mol. The van der Waals surface area contributed by atoms with Crippen LogP contribution in [0.15, 0.2) is 77.3 Å². The molecule has 2 aromatic carbocycles. The molecule has 0 saturated heterocycles. The van der Waals surface area contributed by atoms with Crippen LogP contribution in [0.2, 0.25) is 0 Å². The van der Waals surface area contributed by atoms with E-state index in [0.717, 1.165) is 17.2 Å². The van der Waals surface area contributed by atoms with Crippen molar-refractivity contribution < 1.29 is 8.42 Å². The van der Waals surface area contributed by atoms with Crippen molar-refractivity contribution >= 4 is 43.7 Å². The van der Waals surface area contributed by atoms with E-state index in [1.54, 1.807) is 42.0 Å². The molecule has 1 aliphatic rings. The molecular formula is C21H19N5O2S2. The summed E-state index contributed by atoms with van der Waals surface area (Å²) >= 11 is 1.24. The molecule has 0 atom stereocenters. The van der Waals surface area contributed by atoms with Crippen LogP contribution >= 0.6 is 11.3 Å². The van der Waals surface area contributed by atoms with E-state index in [0.29, 0.717) is 11.0 Å². The molecule has 0 radical (unpaired) electrons. The Morgan fingerprint density at radius 1 is 1.03 bits per heavy atom. The lowest BCUT2D eigenvalue weighted by atomic mass is 10.1. The van der Waals surface area contributed by atoms with Gasteiger partial charge in [0.25, 0.3) is 10.0 Å². The molecule has 2 aromatic heterocycles. The number of rotatable bonds is 7. The second-order valence-electron chi connectivity index (χ2n) is 7.08. The molecule has 1 aliphatic carbocycles. The molecule has 0 amide bonds. The van der Waals surface area contributed by atoms with Crippen LogP contribution in [0.3, 0.4) is 0 Å². The Morgan fingerprint density at radius 2 is 1.87 bits per heavy atom. The maximum absolute atomic E-state index is 12.6. The van der Waals surface area contributed by atoms with Crippen molar-refractivity contribution in [2.45, 2.75) is 23.7 Å². The van der Waals surface area contributed by atoms with Crippen LogP contribution in [0.4, 0.5) is 22.3 Å². The minimum absolute atomic E-state index is 0.178. The molecule has 0 bridgehead atoms. The summed E-state index contributed by atoms with van der Waals surface area (Å²) in [4.78, 5) is 6.19. The standard InChI is InChI=1S/C21H19N5O2S2/c27-30(28,25-21-22-12-13-29-21)19-8-6-17(7-9-19)26(20-10-11-23-24-20)18-3-1-2-16(14-18)15-4-5-15/h1-3,6-15H,4-5H2,(H,22,25)(H,23,24). The number of sulfonamides is 1. The quantitative estimate of drug-likeness (QED) is 0.424. The van der Waals surface area contributed by atoms with Crippen molar-refractivity contribution in [3.05, 3.63) is 77.9 Å². The van der Waals surface area contributed by atoms with Crippen molar-refractivity contribution in [3.63, 3.8) is 0 Å². The highest BCUT2D eigenvalue weighted by Gasteiger charge is 2.25. The Kier molecular flexibility index (Phi) is 4.76. The number of nitrogens with zero attached hydrogens (tertiary/aromatic N) is 3. The summed E-state index contributed by atoms with van der Waals surface area (Å²) in [6, 6.07) is 17.1. The number of nitrogens with one attached hydrogen (secondary N) is 2. The molecule has 1 saturated carbocycles. The normalized spacial score (nSPS) is 13.9. The van der Waals surface area contributed by atoms with Crippen molar-refractivity contribution in [2.75, 3.05) is 9.62 Å². The van der Waals surface area contributed by atoms with Crippen molar-refractivity contribution in [1.29, 1.82) is 0 Å². The highest BCUT2D eigenvalue weighted by Crippen LogP contribution is 2.42. The van der Waals surface area contributed by atoms with Crippen LogP contribution in [0.1, 0.15) is 24.3 Å². The molecule has 9 heteroatoms. The lowest BCUT2D eigenvalue weighted by Crippen LogP contribution is -2.14. The number of thiazole rings is 1. The highest BCUT2D eigenvalue weighted by molar-refractivity contribution is 7.93. The van der Waals surface area contributed by atoms with E-state index < -0.39 is 10.0 Å². The van der Waals surface area contributed by atoms with Gasteiger partial charge in [-0.15, -0.1) is 11.3 Å². The first-order chi connectivity index (χ1) is 14.6. The van der Waals surface area contributed by atoms with E-state index in [4.69, 9.17) is 0 Å². The van der Waals surface area contributed by atoms with E-state index in [1.807, 2.05) is 17.0 Å². The third-order valence-corrected chi connectivity index (χ3v) is 7.14. The van der Waals surface area contributed by atoms with Crippen molar-refractivity contribution in [2.24, 2.45) is 0 Å². The predicted molar refractivity (Wildman–Crippen MR) is 118 cm³/mol. The van der Waals surface area contributed by atoms with Crippen LogP contribution in [-0.2, 0) is 10.0 Å². The zero-order valence-corrected chi connectivity index (χ0v) is 17.5. The Bertz CT molecular complexity index is 1230. The number of hydrogen-bond donors (Lipinski definition) is 2. The summed E-state index contributed by atoms with van der Waals surface area (Å²) in [5.41, 5.74) is 3.16. The highest BCUT2D eigenvalue weighted by atomic mass is 32.2. The minimum Gasteiger partial charge on any atom is -0.295 e. The number of H-pyrrole nitrogens is 1.